The highest BCUT2D eigenvalue weighted by Crippen LogP contribution is 2.28. The first-order valence-electron chi connectivity index (χ1n) is 9.17. The van der Waals surface area contributed by atoms with Crippen LogP contribution in [0.5, 0.6) is 5.75 Å². The van der Waals surface area contributed by atoms with Crippen molar-refractivity contribution >= 4 is 17.2 Å². The Kier molecular flexibility index (Phi) is 5.50. The Morgan fingerprint density at radius 1 is 1.11 bits per heavy atom. The van der Waals surface area contributed by atoms with Crippen LogP contribution in [0.1, 0.15) is 10.7 Å². The molecule has 3 aromatic rings. The molecule has 0 unspecified atom stereocenters. The molecule has 1 saturated heterocycles. The molecule has 0 amide bonds. The van der Waals surface area contributed by atoms with E-state index in [2.05, 4.69) is 25.2 Å². The average molecular weight is 399 g/mol. The van der Waals surface area contributed by atoms with Crippen molar-refractivity contribution in [3.05, 3.63) is 52.5 Å². The van der Waals surface area contributed by atoms with Gasteiger partial charge in [-0.15, -0.1) is 11.3 Å². The van der Waals surface area contributed by atoms with Gasteiger partial charge in [-0.25, -0.2) is 19.3 Å². The lowest BCUT2D eigenvalue weighted by atomic mass is 10.1. The Labute approximate surface area is 167 Å². The maximum Gasteiger partial charge on any atom is 0.191 e. The van der Waals surface area contributed by atoms with Crippen molar-refractivity contribution in [2.24, 2.45) is 0 Å². The van der Waals surface area contributed by atoms with Gasteiger partial charge in [-0.1, -0.05) is 0 Å². The van der Waals surface area contributed by atoms with E-state index < -0.39 is 0 Å². The quantitative estimate of drug-likeness (QED) is 0.656. The highest BCUT2D eigenvalue weighted by molar-refractivity contribution is 7.09. The van der Waals surface area contributed by atoms with Crippen LogP contribution >= 0.6 is 11.3 Å². The van der Waals surface area contributed by atoms with E-state index in [0.717, 1.165) is 49.2 Å². The van der Waals surface area contributed by atoms with Gasteiger partial charge < -0.3 is 9.64 Å². The molecule has 1 aliphatic rings. The van der Waals surface area contributed by atoms with Crippen molar-refractivity contribution in [1.29, 1.82) is 0 Å². The molecule has 1 aromatic carbocycles. The molecule has 3 heterocycles. The van der Waals surface area contributed by atoms with Gasteiger partial charge >= 0.3 is 0 Å². The number of hydrogen-bond donors (Lipinski definition) is 0. The van der Waals surface area contributed by atoms with Crippen LogP contribution in [0.3, 0.4) is 0 Å². The highest BCUT2D eigenvalue weighted by Gasteiger charge is 2.23. The number of hydrogen-bond acceptors (Lipinski definition) is 7. The molecule has 4 rings (SSSR count). The molecule has 146 valence electrons. The van der Waals surface area contributed by atoms with Gasteiger partial charge in [-0.05, 0) is 31.2 Å². The van der Waals surface area contributed by atoms with Crippen LogP contribution in [-0.4, -0.2) is 53.1 Å². The van der Waals surface area contributed by atoms with E-state index in [1.54, 1.807) is 30.6 Å². The molecule has 0 spiro atoms. The summed E-state index contributed by atoms with van der Waals surface area (Å²) >= 11 is 1.67. The van der Waals surface area contributed by atoms with Crippen LogP contribution < -0.4 is 9.64 Å². The second-order valence-electron chi connectivity index (χ2n) is 6.71. The van der Waals surface area contributed by atoms with Crippen molar-refractivity contribution < 1.29 is 9.13 Å². The Morgan fingerprint density at radius 3 is 2.50 bits per heavy atom. The van der Waals surface area contributed by atoms with E-state index in [1.807, 2.05) is 24.0 Å². The smallest absolute Gasteiger partial charge is 0.191 e. The normalized spacial score (nSPS) is 15.0. The van der Waals surface area contributed by atoms with Crippen molar-refractivity contribution in [3.63, 3.8) is 0 Å². The zero-order valence-corrected chi connectivity index (χ0v) is 16.7. The molecular formula is C20H22FN5OS. The van der Waals surface area contributed by atoms with Crippen LogP contribution in [0, 0.1) is 12.7 Å². The number of aromatic nitrogens is 3. The SMILES string of the molecule is COc1ccc(-c2ncnc(N3CCN(Cc4csc(C)n4)CC3)c2F)cc1. The second kappa shape index (κ2) is 8.20. The number of aryl methyl sites for hydroxylation is 1. The van der Waals surface area contributed by atoms with Gasteiger partial charge in [-0.2, -0.15) is 0 Å². The fourth-order valence-electron chi connectivity index (χ4n) is 3.36. The van der Waals surface area contributed by atoms with E-state index in [0.29, 0.717) is 17.1 Å². The van der Waals surface area contributed by atoms with Crippen LogP contribution in [0.4, 0.5) is 10.2 Å². The molecule has 0 aliphatic carbocycles. The van der Waals surface area contributed by atoms with Gasteiger partial charge in [0.2, 0.25) is 0 Å². The first kappa shape index (κ1) is 18.8. The van der Waals surface area contributed by atoms with Gasteiger partial charge in [0.15, 0.2) is 11.6 Å². The second-order valence-corrected chi connectivity index (χ2v) is 7.77. The van der Waals surface area contributed by atoms with Crippen molar-refractivity contribution in [2.45, 2.75) is 13.5 Å². The fraction of sp³-hybridized carbons (Fsp3) is 0.350. The number of piperazine rings is 1. The van der Waals surface area contributed by atoms with Gasteiger partial charge in [0.25, 0.3) is 0 Å². The molecule has 28 heavy (non-hydrogen) atoms. The minimum atomic E-state index is -0.378. The lowest BCUT2D eigenvalue weighted by Gasteiger charge is -2.35. The summed E-state index contributed by atoms with van der Waals surface area (Å²) in [5.41, 5.74) is 2.12. The number of ether oxygens (including phenoxy) is 1. The van der Waals surface area contributed by atoms with Crippen molar-refractivity contribution in [2.75, 3.05) is 38.2 Å². The number of rotatable bonds is 5. The van der Waals surface area contributed by atoms with Crippen molar-refractivity contribution in [3.8, 4) is 17.0 Å². The van der Waals surface area contributed by atoms with Crippen molar-refractivity contribution in [1.82, 2.24) is 19.9 Å². The largest absolute Gasteiger partial charge is 0.497 e. The third kappa shape index (κ3) is 3.98. The van der Waals surface area contributed by atoms with E-state index in [1.165, 1.54) is 6.33 Å². The summed E-state index contributed by atoms with van der Waals surface area (Å²) in [5, 5.41) is 3.19. The highest BCUT2D eigenvalue weighted by atomic mass is 32.1. The molecule has 6 nitrogen and oxygen atoms in total. The van der Waals surface area contributed by atoms with E-state index in [-0.39, 0.29) is 5.82 Å². The first-order valence-corrected chi connectivity index (χ1v) is 10.1. The summed E-state index contributed by atoms with van der Waals surface area (Å²) in [4.78, 5) is 17.2. The number of methoxy groups -OCH3 is 1. The van der Waals surface area contributed by atoms with Crippen LogP contribution in [0.15, 0.2) is 36.0 Å². The molecule has 0 saturated carbocycles. The minimum absolute atomic E-state index is 0.313. The van der Waals surface area contributed by atoms with Crippen LogP contribution in [0.2, 0.25) is 0 Å². The summed E-state index contributed by atoms with van der Waals surface area (Å²) in [7, 11) is 1.60. The summed E-state index contributed by atoms with van der Waals surface area (Å²) in [6.45, 7) is 5.99. The molecule has 1 aliphatic heterocycles. The standard InChI is InChI=1S/C20H22FN5OS/c1-14-24-16(12-28-14)11-25-7-9-26(10-8-25)20-18(21)19(22-13-23-20)15-3-5-17(27-2)6-4-15/h3-6,12-13H,7-11H2,1-2H3. The molecular weight excluding hydrogens is 377 g/mol. The third-order valence-corrected chi connectivity index (χ3v) is 5.68. The molecule has 2 aromatic heterocycles. The number of anilines is 1. The summed E-state index contributed by atoms with van der Waals surface area (Å²) in [6.07, 6.45) is 1.43. The average Bonchev–Trinajstić information content (AvgIpc) is 3.14. The van der Waals surface area contributed by atoms with Gasteiger partial charge in [-0.3, -0.25) is 4.90 Å². The van der Waals surface area contributed by atoms with E-state index >= 15 is 4.39 Å². The molecule has 0 radical (unpaired) electrons. The maximum absolute atomic E-state index is 15.2. The first-order chi connectivity index (χ1) is 13.6. The Hall–Kier alpha value is -2.58. The monoisotopic (exact) mass is 399 g/mol. The minimum Gasteiger partial charge on any atom is -0.497 e. The van der Waals surface area contributed by atoms with E-state index in [9.17, 15) is 0 Å². The summed E-state index contributed by atoms with van der Waals surface area (Å²) < 4.78 is 20.3. The van der Waals surface area contributed by atoms with E-state index in [4.69, 9.17) is 4.74 Å². The lowest BCUT2D eigenvalue weighted by molar-refractivity contribution is 0.246. The lowest BCUT2D eigenvalue weighted by Crippen LogP contribution is -2.46. The zero-order valence-electron chi connectivity index (χ0n) is 15.9. The van der Waals surface area contributed by atoms with Gasteiger partial charge in [0.1, 0.15) is 17.8 Å². The number of thiazole rings is 1. The third-order valence-electron chi connectivity index (χ3n) is 4.86. The Balaban J connectivity index is 1.46. The molecule has 0 atom stereocenters. The number of nitrogens with zero attached hydrogens (tertiary/aromatic N) is 5. The van der Waals surface area contributed by atoms with Gasteiger partial charge in [0, 0.05) is 43.7 Å². The van der Waals surface area contributed by atoms with Gasteiger partial charge in [0.05, 0.1) is 17.8 Å². The molecule has 0 bridgehead atoms. The van der Waals surface area contributed by atoms with Crippen LogP contribution in [-0.2, 0) is 6.54 Å². The molecule has 8 heteroatoms. The predicted molar refractivity (Wildman–Crippen MR) is 108 cm³/mol. The Morgan fingerprint density at radius 2 is 1.86 bits per heavy atom. The summed E-state index contributed by atoms with van der Waals surface area (Å²) in [6, 6.07) is 7.22. The molecule has 1 fully saturated rings. The Bertz CT molecular complexity index is 938. The topological polar surface area (TPSA) is 54.4 Å². The predicted octanol–water partition coefficient (Wildman–Crippen LogP) is 3.38. The summed E-state index contributed by atoms with van der Waals surface area (Å²) in [5.74, 6) is 0.714. The maximum atomic E-state index is 15.2. The zero-order chi connectivity index (χ0) is 19.5. The number of halogens is 1. The molecule has 0 N–H and O–H groups in total. The fourth-order valence-corrected chi connectivity index (χ4v) is 3.96. The number of benzene rings is 1. The van der Waals surface area contributed by atoms with Crippen LogP contribution in [0.25, 0.3) is 11.3 Å².